The van der Waals surface area contributed by atoms with E-state index in [1.807, 2.05) is 24.8 Å². The summed E-state index contributed by atoms with van der Waals surface area (Å²) in [6, 6.07) is 12.2. The van der Waals surface area contributed by atoms with Crippen LogP contribution >= 0.6 is 0 Å². The number of sulfonamides is 1. The van der Waals surface area contributed by atoms with Gasteiger partial charge in [-0.3, -0.25) is 13.9 Å². The number of aryl methyl sites for hydroxylation is 1. The summed E-state index contributed by atoms with van der Waals surface area (Å²) >= 11 is 0. The number of carbonyl (C=O) groups excluding carboxylic acids is 2. The van der Waals surface area contributed by atoms with E-state index in [4.69, 9.17) is 0 Å². The van der Waals surface area contributed by atoms with Crippen molar-refractivity contribution in [3.05, 3.63) is 59.2 Å². The summed E-state index contributed by atoms with van der Waals surface area (Å²) < 4.78 is 26.1. The largest absolute Gasteiger partial charge is 0.339 e. The number of rotatable bonds is 6. The van der Waals surface area contributed by atoms with Crippen molar-refractivity contribution in [2.45, 2.75) is 39.5 Å². The number of nitrogens with one attached hydrogen (secondary N) is 1. The summed E-state index contributed by atoms with van der Waals surface area (Å²) in [7, 11) is -3.69. The predicted octanol–water partition coefficient (Wildman–Crippen LogP) is 3.72. The molecule has 1 saturated heterocycles. The molecule has 8 heteroatoms. The van der Waals surface area contributed by atoms with Crippen LogP contribution in [-0.4, -0.2) is 51.0 Å². The molecule has 32 heavy (non-hydrogen) atoms. The zero-order chi connectivity index (χ0) is 23.3. The van der Waals surface area contributed by atoms with Crippen LogP contribution in [0.2, 0.25) is 0 Å². The highest BCUT2D eigenvalue weighted by molar-refractivity contribution is 7.92. The average molecular weight is 458 g/mol. The van der Waals surface area contributed by atoms with Gasteiger partial charge in [0.25, 0.3) is 5.91 Å². The molecule has 1 N–H and O–H groups in total. The van der Waals surface area contributed by atoms with E-state index in [0.717, 1.165) is 47.4 Å². The third-order valence-corrected chi connectivity index (χ3v) is 6.98. The Hall–Kier alpha value is -2.87. The van der Waals surface area contributed by atoms with E-state index in [2.05, 4.69) is 5.32 Å². The van der Waals surface area contributed by atoms with Gasteiger partial charge in [-0.05, 0) is 56.0 Å². The number of carbonyl (C=O) groups is 2. The minimum absolute atomic E-state index is 0.114. The van der Waals surface area contributed by atoms with E-state index >= 15 is 0 Å². The standard InChI is InChI=1S/C24H31N3O4S/c1-18-11-10-14-22(19(18)2)27(32(3,30)31)17-23(28)25-21-13-7-6-12-20(21)24(29)26-15-8-4-5-9-16-26/h6-7,10-14H,4-5,8-9,15-17H2,1-3H3,(H,25,28). The van der Waals surface area contributed by atoms with E-state index in [1.165, 1.54) is 0 Å². The Labute approximate surface area is 190 Å². The molecule has 2 aromatic rings. The quantitative estimate of drug-likeness (QED) is 0.716. The lowest BCUT2D eigenvalue weighted by molar-refractivity contribution is -0.114. The van der Waals surface area contributed by atoms with Gasteiger partial charge < -0.3 is 10.2 Å². The molecule has 1 fully saturated rings. The number of benzene rings is 2. The van der Waals surface area contributed by atoms with Gasteiger partial charge in [-0.1, -0.05) is 37.1 Å². The van der Waals surface area contributed by atoms with Crippen molar-refractivity contribution < 1.29 is 18.0 Å². The van der Waals surface area contributed by atoms with Gasteiger partial charge in [-0.25, -0.2) is 8.42 Å². The van der Waals surface area contributed by atoms with Gasteiger partial charge >= 0.3 is 0 Å². The molecule has 172 valence electrons. The van der Waals surface area contributed by atoms with E-state index in [-0.39, 0.29) is 12.5 Å². The zero-order valence-corrected chi connectivity index (χ0v) is 19.7. The second-order valence-corrected chi connectivity index (χ2v) is 10.2. The van der Waals surface area contributed by atoms with Crippen LogP contribution in [-0.2, 0) is 14.8 Å². The average Bonchev–Trinajstić information content (AvgIpc) is 3.03. The monoisotopic (exact) mass is 457 g/mol. The van der Waals surface area contributed by atoms with Crippen molar-refractivity contribution in [3.63, 3.8) is 0 Å². The van der Waals surface area contributed by atoms with Crippen LogP contribution in [0.5, 0.6) is 0 Å². The van der Waals surface area contributed by atoms with Crippen molar-refractivity contribution in [2.75, 3.05) is 35.5 Å². The molecule has 0 unspecified atom stereocenters. The number of nitrogens with zero attached hydrogens (tertiary/aromatic N) is 2. The molecule has 0 aromatic heterocycles. The maximum absolute atomic E-state index is 13.1. The van der Waals surface area contributed by atoms with Gasteiger partial charge in [-0.15, -0.1) is 0 Å². The lowest BCUT2D eigenvalue weighted by Gasteiger charge is -2.25. The summed E-state index contributed by atoms with van der Waals surface area (Å²) in [5, 5.41) is 2.76. The summed E-state index contributed by atoms with van der Waals surface area (Å²) in [5.74, 6) is -0.621. The van der Waals surface area contributed by atoms with Crippen molar-refractivity contribution in [1.82, 2.24) is 4.90 Å². The fourth-order valence-corrected chi connectivity index (χ4v) is 4.84. The van der Waals surface area contributed by atoms with Gasteiger partial charge in [-0.2, -0.15) is 0 Å². The first-order chi connectivity index (χ1) is 15.2. The van der Waals surface area contributed by atoms with Crippen LogP contribution < -0.4 is 9.62 Å². The smallest absolute Gasteiger partial charge is 0.255 e. The van der Waals surface area contributed by atoms with Crippen LogP contribution in [0.4, 0.5) is 11.4 Å². The lowest BCUT2D eigenvalue weighted by Crippen LogP contribution is -2.38. The van der Waals surface area contributed by atoms with Gasteiger partial charge in [0.15, 0.2) is 0 Å². The molecule has 3 rings (SSSR count). The number of anilines is 2. The number of hydrogen-bond acceptors (Lipinski definition) is 4. The van der Waals surface area contributed by atoms with Gasteiger partial charge in [0, 0.05) is 13.1 Å². The molecule has 0 aliphatic carbocycles. The first kappa shape index (κ1) is 23.8. The minimum Gasteiger partial charge on any atom is -0.339 e. The van der Waals surface area contributed by atoms with Crippen LogP contribution in [0.3, 0.4) is 0 Å². The Kier molecular flexibility index (Phi) is 7.56. The molecule has 0 saturated carbocycles. The molecule has 2 aromatic carbocycles. The highest BCUT2D eigenvalue weighted by Crippen LogP contribution is 2.25. The van der Waals surface area contributed by atoms with E-state index in [9.17, 15) is 18.0 Å². The third-order valence-electron chi connectivity index (χ3n) is 5.86. The summed E-state index contributed by atoms with van der Waals surface area (Å²) in [6.45, 7) is 4.75. The van der Waals surface area contributed by atoms with Crippen molar-refractivity contribution in [2.24, 2.45) is 0 Å². The molecule has 0 atom stereocenters. The molecule has 1 heterocycles. The highest BCUT2D eigenvalue weighted by atomic mass is 32.2. The fourth-order valence-electron chi connectivity index (χ4n) is 3.93. The summed E-state index contributed by atoms with van der Waals surface area (Å²) in [5.41, 5.74) is 3.01. The Bertz CT molecular complexity index is 1090. The summed E-state index contributed by atoms with van der Waals surface area (Å²) in [4.78, 5) is 27.8. The molecule has 7 nitrogen and oxygen atoms in total. The molecular weight excluding hydrogens is 426 g/mol. The van der Waals surface area contributed by atoms with Crippen molar-refractivity contribution >= 4 is 33.2 Å². The van der Waals surface area contributed by atoms with Crippen molar-refractivity contribution in [3.8, 4) is 0 Å². The van der Waals surface area contributed by atoms with Gasteiger partial charge in [0.05, 0.1) is 23.2 Å². The van der Waals surface area contributed by atoms with Crippen molar-refractivity contribution in [1.29, 1.82) is 0 Å². The maximum Gasteiger partial charge on any atom is 0.255 e. The molecule has 1 aliphatic heterocycles. The SMILES string of the molecule is Cc1cccc(N(CC(=O)Nc2ccccc2C(=O)N2CCCCCC2)S(C)(=O)=O)c1C. The molecular formula is C24H31N3O4S. The molecule has 1 aliphatic rings. The molecule has 0 bridgehead atoms. The number of amides is 2. The topological polar surface area (TPSA) is 86.8 Å². The highest BCUT2D eigenvalue weighted by Gasteiger charge is 2.25. The molecule has 0 spiro atoms. The maximum atomic E-state index is 13.1. The zero-order valence-electron chi connectivity index (χ0n) is 18.9. The Morgan fingerprint density at radius 1 is 0.969 bits per heavy atom. The first-order valence-corrected chi connectivity index (χ1v) is 12.8. The fraction of sp³-hybridized carbons (Fsp3) is 0.417. The second-order valence-electron chi connectivity index (χ2n) is 8.29. The molecule has 2 amide bonds. The van der Waals surface area contributed by atoms with Crippen LogP contribution in [0.25, 0.3) is 0 Å². The Morgan fingerprint density at radius 3 is 2.28 bits per heavy atom. The van der Waals surface area contributed by atoms with E-state index < -0.39 is 15.9 Å². The summed E-state index contributed by atoms with van der Waals surface area (Å²) in [6.07, 6.45) is 5.25. The van der Waals surface area contributed by atoms with Gasteiger partial charge in [0.2, 0.25) is 15.9 Å². The first-order valence-electron chi connectivity index (χ1n) is 10.9. The number of likely N-dealkylation sites (tertiary alicyclic amines) is 1. The van der Waals surface area contributed by atoms with E-state index in [1.54, 1.807) is 36.4 Å². The lowest BCUT2D eigenvalue weighted by atomic mass is 10.1. The Balaban J connectivity index is 1.82. The van der Waals surface area contributed by atoms with Crippen LogP contribution in [0.1, 0.15) is 47.2 Å². The number of para-hydroxylation sites is 1. The van der Waals surface area contributed by atoms with Crippen LogP contribution in [0.15, 0.2) is 42.5 Å². The normalized spacial score (nSPS) is 14.5. The Morgan fingerprint density at radius 2 is 1.62 bits per heavy atom. The van der Waals surface area contributed by atoms with Crippen LogP contribution in [0, 0.1) is 13.8 Å². The van der Waals surface area contributed by atoms with E-state index in [0.29, 0.717) is 30.0 Å². The minimum atomic E-state index is -3.69. The van der Waals surface area contributed by atoms with Gasteiger partial charge in [0.1, 0.15) is 6.54 Å². The third kappa shape index (κ3) is 5.68. The second kappa shape index (κ2) is 10.2. The molecule has 0 radical (unpaired) electrons. The predicted molar refractivity (Wildman–Crippen MR) is 128 cm³/mol. The number of hydrogen-bond donors (Lipinski definition) is 1.